The highest BCUT2D eigenvalue weighted by molar-refractivity contribution is 6.08. The number of para-hydroxylation sites is 1. The van der Waals surface area contributed by atoms with Crippen LogP contribution < -0.4 is 21.3 Å². The van der Waals surface area contributed by atoms with Crippen LogP contribution in [0.5, 0.6) is 0 Å². The van der Waals surface area contributed by atoms with Crippen molar-refractivity contribution in [3.05, 3.63) is 77.5 Å². The third-order valence-corrected chi connectivity index (χ3v) is 4.26. The number of hydrogen-bond donors (Lipinski definition) is 4. The number of urea groups is 1. The van der Waals surface area contributed by atoms with Crippen molar-refractivity contribution in [2.75, 3.05) is 22.5 Å². The van der Waals surface area contributed by atoms with Crippen LogP contribution in [0.15, 0.2) is 60.8 Å². The minimum absolute atomic E-state index is 0.296. The quantitative estimate of drug-likeness (QED) is 0.474. The average molecular weight is 403 g/mol. The summed E-state index contributed by atoms with van der Waals surface area (Å²) >= 11 is 0. The summed E-state index contributed by atoms with van der Waals surface area (Å²) in [6.45, 7) is 6.29. The first-order valence-corrected chi connectivity index (χ1v) is 9.71. The van der Waals surface area contributed by atoms with E-state index in [9.17, 15) is 9.59 Å². The van der Waals surface area contributed by atoms with Gasteiger partial charge in [-0.2, -0.15) is 0 Å². The fourth-order valence-corrected chi connectivity index (χ4v) is 3.05. The molecule has 3 amide bonds. The number of carbonyl (C=O) groups excluding carboxylic acids is 2. The molecule has 0 aliphatic rings. The number of pyridine rings is 1. The summed E-state index contributed by atoms with van der Waals surface area (Å²) in [5, 5.41) is 11.5. The summed E-state index contributed by atoms with van der Waals surface area (Å²) in [7, 11) is 0. The molecule has 30 heavy (non-hydrogen) atoms. The average Bonchev–Trinajstić information content (AvgIpc) is 2.68. The molecule has 2 aromatic carbocycles. The lowest BCUT2D eigenvalue weighted by atomic mass is 10.1. The number of rotatable bonds is 6. The van der Waals surface area contributed by atoms with Crippen molar-refractivity contribution in [2.45, 2.75) is 20.8 Å². The van der Waals surface area contributed by atoms with Crippen LogP contribution in [0.2, 0.25) is 0 Å². The Labute approximate surface area is 175 Å². The van der Waals surface area contributed by atoms with E-state index < -0.39 is 0 Å². The van der Waals surface area contributed by atoms with E-state index in [0.29, 0.717) is 29.3 Å². The lowest BCUT2D eigenvalue weighted by Gasteiger charge is -2.14. The second kappa shape index (κ2) is 9.56. The number of nitrogens with one attached hydrogen (secondary N) is 4. The number of benzene rings is 2. The number of aryl methyl sites for hydroxylation is 2. The molecular weight excluding hydrogens is 378 g/mol. The van der Waals surface area contributed by atoms with Gasteiger partial charge in [0, 0.05) is 30.2 Å². The van der Waals surface area contributed by atoms with Crippen LogP contribution >= 0.6 is 0 Å². The van der Waals surface area contributed by atoms with Crippen LogP contribution in [0.3, 0.4) is 0 Å². The first-order chi connectivity index (χ1) is 14.4. The number of hydrogen-bond acceptors (Lipinski definition) is 4. The van der Waals surface area contributed by atoms with Gasteiger partial charge < -0.3 is 16.0 Å². The van der Waals surface area contributed by atoms with Gasteiger partial charge in [-0.1, -0.05) is 24.3 Å². The Bertz CT molecular complexity index is 1030. The van der Waals surface area contributed by atoms with Crippen LogP contribution in [-0.2, 0) is 0 Å². The Kier molecular flexibility index (Phi) is 6.64. The topological polar surface area (TPSA) is 95.2 Å². The van der Waals surface area contributed by atoms with Gasteiger partial charge in [-0.25, -0.2) is 9.78 Å². The number of anilines is 4. The molecule has 3 aromatic rings. The fourth-order valence-electron chi connectivity index (χ4n) is 3.05. The first-order valence-electron chi connectivity index (χ1n) is 9.71. The molecule has 0 saturated carbocycles. The van der Waals surface area contributed by atoms with Gasteiger partial charge in [0.1, 0.15) is 5.82 Å². The molecule has 0 unspecified atom stereocenters. The third-order valence-electron chi connectivity index (χ3n) is 4.26. The minimum Gasteiger partial charge on any atom is -0.355 e. The molecule has 0 saturated heterocycles. The second-order valence-electron chi connectivity index (χ2n) is 6.92. The monoisotopic (exact) mass is 403 g/mol. The van der Waals surface area contributed by atoms with Crippen molar-refractivity contribution in [1.82, 2.24) is 10.3 Å². The molecule has 0 fully saturated rings. The first kappa shape index (κ1) is 20.9. The summed E-state index contributed by atoms with van der Waals surface area (Å²) in [6, 6.07) is 16.6. The van der Waals surface area contributed by atoms with E-state index in [4.69, 9.17) is 0 Å². The summed E-state index contributed by atoms with van der Waals surface area (Å²) < 4.78 is 0. The SMILES string of the molecule is CCNC(=O)Nc1cc(Nc2ccccc2)c(C(=O)Nc2cc(C)cc(C)c2)cn1. The van der Waals surface area contributed by atoms with Crippen molar-refractivity contribution >= 4 is 34.8 Å². The normalized spacial score (nSPS) is 10.2. The van der Waals surface area contributed by atoms with E-state index in [-0.39, 0.29) is 11.9 Å². The Morgan fingerprint density at radius 2 is 1.60 bits per heavy atom. The largest absolute Gasteiger partial charge is 0.355 e. The maximum absolute atomic E-state index is 13.0. The molecular formula is C23H25N5O2. The molecule has 7 heteroatoms. The van der Waals surface area contributed by atoms with Crippen LogP contribution in [0.25, 0.3) is 0 Å². The predicted molar refractivity (Wildman–Crippen MR) is 121 cm³/mol. The number of aromatic nitrogens is 1. The van der Waals surface area contributed by atoms with Crippen molar-refractivity contribution in [3.63, 3.8) is 0 Å². The molecule has 0 aliphatic carbocycles. The highest BCUT2D eigenvalue weighted by Crippen LogP contribution is 2.25. The molecule has 1 heterocycles. The molecule has 154 valence electrons. The Balaban J connectivity index is 1.90. The lowest BCUT2D eigenvalue weighted by Crippen LogP contribution is -2.28. The summed E-state index contributed by atoms with van der Waals surface area (Å²) in [5.74, 6) is 0.0396. The van der Waals surface area contributed by atoms with Crippen LogP contribution in [0.1, 0.15) is 28.4 Å². The van der Waals surface area contributed by atoms with Crippen LogP contribution in [0.4, 0.5) is 27.7 Å². The summed E-state index contributed by atoms with van der Waals surface area (Å²) in [4.78, 5) is 29.1. The smallest absolute Gasteiger partial charge is 0.320 e. The third kappa shape index (κ3) is 5.57. The van der Waals surface area contributed by atoms with Gasteiger partial charge in [0.15, 0.2) is 0 Å². The maximum Gasteiger partial charge on any atom is 0.320 e. The van der Waals surface area contributed by atoms with Gasteiger partial charge in [0.05, 0.1) is 11.3 Å². The fraction of sp³-hybridized carbons (Fsp3) is 0.174. The van der Waals surface area contributed by atoms with Gasteiger partial charge in [-0.15, -0.1) is 0 Å². The van der Waals surface area contributed by atoms with E-state index in [1.807, 2.05) is 69.3 Å². The van der Waals surface area contributed by atoms with Gasteiger partial charge in [0.2, 0.25) is 0 Å². The van der Waals surface area contributed by atoms with Crippen molar-refractivity contribution in [1.29, 1.82) is 0 Å². The van der Waals surface area contributed by atoms with Gasteiger partial charge in [0.25, 0.3) is 5.91 Å². The number of carbonyl (C=O) groups is 2. The molecule has 0 aliphatic heterocycles. The van der Waals surface area contributed by atoms with Crippen LogP contribution in [-0.4, -0.2) is 23.5 Å². The van der Waals surface area contributed by atoms with Crippen molar-refractivity contribution < 1.29 is 9.59 Å². The van der Waals surface area contributed by atoms with Crippen molar-refractivity contribution in [2.24, 2.45) is 0 Å². The zero-order valence-corrected chi connectivity index (χ0v) is 17.2. The number of amides is 3. The summed E-state index contributed by atoms with van der Waals surface area (Å²) in [6.07, 6.45) is 1.45. The van der Waals surface area contributed by atoms with Gasteiger partial charge in [-0.05, 0) is 56.2 Å². The maximum atomic E-state index is 13.0. The molecule has 4 N–H and O–H groups in total. The standard InChI is InChI=1S/C23H25N5O2/c1-4-24-23(30)28-21-13-20(26-17-8-6-5-7-9-17)19(14-25-21)22(29)27-18-11-15(2)10-16(3)12-18/h5-14H,4H2,1-3H3,(H,27,29)(H3,24,25,26,28,30). The highest BCUT2D eigenvalue weighted by Gasteiger charge is 2.15. The molecule has 3 rings (SSSR count). The second-order valence-corrected chi connectivity index (χ2v) is 6.92. The molecule has 0 bridgehead atoms. The van der Waals surface area contributed by atoms with Crippen molar-refractivity contribution in [3.8, 4) is 0 Å². The Hall–Kier alpha value is -3.87. The Morgan fingerprint density at radius 1 is 0.900 bits per heavy atom. The molecule has 0 radical (unpaired) electrons. The van der Waals surface area contributed by atoms with E-state index in [2.05, 4.69) is 26.3 Å². The van der Waals surface area contributed by atoms with E-state index in [1.54, 1.807) is 6.07 Å². The molecule has 0 spiro atoms. The molecule has 1 aromatic heterocycles. The van der Waals surface area contributed by atoms with E-state index in [1.165, 1.54) is 6.20 Å². The van der Waals surface area contributed by atoms with Crippen LogP contribution in [0, 0.1) is 13.8 Å². The zero-order chi connectivity index (χ0) is 21.5. The number of nitrogens with zero attached hydrogens (tertiary/aromatic N) is 1. The lowest BCUT2D eigenvalue weighted by molar-refractivity contribution is 0.102. The van der Waals surface area contributed by atoms with E-state index in [0.717, 1.165) is 16.8 Å². The summed E-state index contributed by atoms with van der Waals surface area (Å²) in [5.41, 5.74) is 4.55. The van der Waals surface area contributed by atoms with E-state index >= 15 is 0 Å². The van der Waals surface area contributed by atoms with Gasteiger partial charge in [-0.3, -0.25) is 10.1 Å². The highest BCUT2D eigenvalue weighted by atomic mass is 16.2. The van der Waals surface area contributed by atoms with Gasteiger partial charge >= 0.3 is 6.03 Å². The molecule has 7 nitrogen and oxygen atoms in total. The molecule has 0 atom stereocenters. The Morgan fingerprint density at radius 3 is 2.27 bits per heavy atom. The zero-order valence-electron chi connectivity index (χ0n) is 17.2. The predicted octanol–water partition coefficient (Wildman–Crippen LogP) is 4.84. The minimum atomic E-state index is -0.358.